The predicted molar refractivity (Wildman–Crippen MR) is 92.5 cm³/mol. The number of nitriles is 1. The van der Waals surface area contributed by atoms with Crippen LogP contribution in [0.3, 0.4) is 0 Å². The van der Waals surface area contributed by atoms with E-state index in [1.54, 1.807) is 49.6 Å². The maximum absolute atomic E-state index is 11.8. The lowest BCUT2D eigenvalue weighted by atomic mass is 10.1. The summed E-state index contributed by atoms with van der Waals surface area (Å²) in [6.45, 7) is 0. The van der Waals surface area contributed by atoms with Crippen LogP contribution in [-0.2, 0) is 4.74 Å². The molecule has 0 spiro atoms. The van der Waals surface area contributed by atoms with E-state index in [2.05, 4.69) is 9.72 Å². The van der Waals surface area contributed by atoms with Gasteiger partial charge >= 0.3 is 5.97 Å². The Kier molecular flexibility index (Phi) is 4.58. The van der Waals surface area contributed by atoms with Crippen LogP contribution < -0.4 is 9.47 Å². The molecule has 3 rings (SSSR count). The fraction of sp³-hybridized carbons (Fsp3) is 0.105. The molecule has 0 fully saturated rings. The number of benzene rings is 2. The second-order valence-electron chi connectivity index (χ2n) is 5.22. The highest BCUT2D eigenvalue weighted by Gasteiger charge is 2.22. The average Bonchev–Trinajstić information content (AvgIpc) is 2.68. The first-order chi connectivity index (χ1) is 12.6. The monoisotopic (exact) mass is 350 g/mol. The molecule has 0 bridgehead atoms. The molecule has 1 heterocycles. The summed E-state index contributed by atoms with van der Waals surface area (Å²) in [7, 11) is 2.73. The van der Waals surface area contributed by atoms with E-state index in [0.717, 1.165) is 0 Å². The Morgan fingerprint density at radius 2 is 1.81 bits per heavy atom. The Labute approximate surface area is 149 Å². The molecule has 3 aromatic rings. The molecule has 0 unspecified atom stereocenters. The highest BCUT2D eigenvalue weighted by atomic mass is 16.5. The lowest BCUT2D eigenvalue weighted by molar-refractivity contribution is 0.0590. The summed E-state index contributed by atoms with van der Waals surface area (Å²) >= 11 is 0. The first kappa shape index (κ1) is 17.0. The lowest BCUT2D eigenvalue weighted by Crippen LogP contribution is -2.07. The minimum atomic E-state index is -0.831. The standard InChI is InChI=1S/C19H14N2O5/c1-24-11-6-8-12(9-7-11)26-15-5-3-4-13-16(15)14(10-20)21-17(18(13)22)19(23)25-2/h3-9,22H,1-2H3. The molecule has 0 aliphatic carbocycles. The summed E-state index contributed by atoms with van der Waals surface area (Å²) in [6, 6.07) is 13.7. The molecular weight excluding hydrogens is 336 g/mol. The van der Waals surface area contributed by atoms with Crippen molar-refractivity contribution in [3.63, 3.8) is 0 Å². The van der Waals surface area contributed by atoms with Gasteiger partial charge in [0.05, 0.1) is 19.6 Å². The van der Waals surface area contributed by atoms with Crippen LogP contribution in [0.15, 0.2) is 42.5 Å². The van der Waals surface area contributed by atoms with Crippen molar-refractivity contribution in [2.75, 3.05) is 14.2 Å². The maximum Gasteiger partial charge on any atom is 0.360 e. The average molecular weight is 350 g/mol. The van der Waals surface area contributed by atoms with E-state index in [0.29, 0.717) is 22.6 Å². The van der Waals surface area contributed by atoms with Crippen molar-refractivity contribution in [2.45, 2.75) is 0 Å². The van der Waals surface area contributed by atoms with Gasteiger partial charge in [-0.05, 0) is 30.3 Å². The molecule has 7 heteroatoms. The Balaban J connectivity index is 2.16. The van der Waals surface area contributed by atoms with Crippen molar-refractivity contribution in [1.29, 1.82) is 5.26 Å². The van der Waals surface area contributed by atoms with Gasteiger partial charge in [0.15, 0.2) is 17.1 Å². The maximum atomic E-state index is 11.8. The number of esters is 1. The van der Waals surface area contributed by atoms with E-state index in [4.69, 9.17) is 9.47 Å². The third-order valence-corrected chi connectivity index (χ3v) is 3.74. The molecule has 0 atom stereocenters. The molecule has 26 heavy (non-hydrogen) atoms. The topological polar surface area (TPSA) is 102 Å². The highest BCUT2D eigenvalue weighted by molar-refractivity contribution is 6.03. The number of nitrogens with zero attached hydrogens (tertiary/aromatic N) is 2. The van der Waals surface area contributed by atoms with Gasteiger partial charge in [-0.3, -0.25) is 0 Å². The third kappa shape index (κ3) is 2.96. The van der Waals surface area contributed by atoms with Gasteiger partial charge in [0.1, 0.15) is 23.3 Å². The number of methoxy groups -OCH3 is 2. The molecule has 1 aromatic heterocycles. The van der Waals surface area contributed by atoms with E-state index in [9.17, 15) is 15.2 Å². The second-order valence-corrected chi connectivity index (χ2v) is 5.22. The highest BCUT2D eigenvalue weighted by Crippen LogP contribution is 2.37. The zero-order valence-electron chi connectivity index (χ0n) is 14.0. The number of pyridine rings is 1. The molecule has 0 amide bonds. The Morgan fingerprint density at radius 3 is 2.42 bits per heavy atom. The van der Waals surface area contributed by atoms with Crippen molar-refractivity contribution in [1.82, 2.24) is 4.98 Å². The van der Waals surface area contributed by atoms with Gasteiger partial charge in [-0.25, -0.2) is 9.78 Å². The van der Waals surface area contributed by atoms with Crippen LogP contribution in [-0.4, -0.2) is 30.3 Å². The quantitative estimate of drug-likeness (QED) is 0.719. The second kappa shape index (κ2) is 6.99. The van der Waals surface area contributed by atoms with Crippen molar-refractivity contribution >= 4 is 16.7 Å². The predicted octanol–water partition coefficient (Wildman–Crippen LogP) is 3.40. The van der Waals surface area contributed by atoms with Crippen LogP contribution in [0.4, 0.5) is 0 Å². The number of hydrogen-bond acceptors (Lipinski definition) is 7. The molecule has 0 aliphatic rings. The van der Waals surface area contributed by atoms with Gasteiger partial charge in [-0.2, -0.15) is 5.26 Å². The first-order valence-electron chi connectivity index (χ1n) is 7.55. The zero-order valence-corrected chi connectivity index (χ0v) is 14.0. The van der Waals surface area contributed by atoms with Gasteiger partial charge in [-0.1, -0.05) is 12.1 Å². The number of fused-ring (bicyclic) bond motifs is 1. The van der Waals surface area contributed by atoms with Crippen molar-refractivity contribution in [3.8, 4) is 29.1 Å². The van der Waals surface area contributed by atoms with Gasteiger partial charge < -0.3 is 19.3 Å². The fourth-order valence-electron chi connectivity index (χ4n) is 2.50. The normalized spacial score (nSPS) is 10.2. The summed E-state index contributed by atoms with van der Waals surface area (Å²) in [4.78, 5) is 15.7. The van der Waals surface area contributed by atoms with Crippen LogP contribution in [0, 0.1) is 11.3 Å². The SMILES string of the molecule is COC(=O)c1nc(C#N)c2c(Oc3ccc(OC)cc3)cccc2c1O. The number of ether oxygens (including phenoxy) is 3. The van der Waals surface area contributed by atoms with Crippen LogP contribution in [0.25, 0.3) is 10.8 Å². The first-order valence-corrected chi connectivity index (χ1v) is 7.55. The van der Waals surface area contributed by atoms with Gasteiger partial charge in [0.2, 0.25) is 0 Å². The summed E-state index contributed by atoms with van der Waals surface area (Å²) in [5.74, 6) is 0.311. The summed E-state index contributed by atoms with van der Waals surface area (Å²) in [6.07, 6.45) is 0. The minimum absolute atomic E-state index is 0.0534. The molecule has 0 saturated carbocycles. The molecule has 130 valence electrons. The number of carbonyl (C=O) groups is 1. The molecule has 1 N–H and O–H groups in total. The number of carbonyl (C=O) groups excluding carboxylic acids is 1. The van der Waals surface area contributed by atoms with Crippen LogP contribution >= 0.6 is 0 Å². The smallest absolute Gasteiger partial charge is 0.360 e. The van der Waals surface area contributed by atoms with E-state index >= 15 is 0 Å². The van der Waals surface area contributed by atoms with Crippen molar-refractivity contribution in [3.05, 3.63) is 53.9 Å². The molecular formula is C19H14N2O5. The number of aromatic hydroxyl groups is 1. The summed E-state index contributed by atoms with van der Waals surface area (Å²) < 4.78 is 15.5. The Hall–Kier alpha value is -3.79. The van der Waals surface area contributed by atoms with E-state index in [1.165, 1.54) is 7.11 Å². The molecule has 2 aromatic carbocycles. The minimum Gasteiger partial charge on any atom is -0.505 e. The molecule has 0 saturated heterocycles. The van der Waals surface area contributed by atoms with E-state index < -0.39 is 5.97 Å². The van der Waals surface area contributed by atoms with E-state index in [1.807, 2.05) is 6.07 Å². The van der Waals surface area contributed by atoms with Gasteiger partial charge in [-0.15, -0.1) is 0 Å². The number of hydrogen-bond donors (Lipinski definition) is 1. The number of rotatable bonds is 4. The van der Waals surface area contributed by atoms with Crippen LogP contribution in [0.5, 0.6) is 23.0 Å². The lowest BCUT2D eigenvalue weighted by Gasteiger charge is -2.12. The molecule has 7 nitrogen and oxygen atoms in total. The van der Waals surface area contributed by atoms with E-state index in [-0.39, 0.29) is 22.5 Å². The Bertz CT molecular complexity index is 1020. The zero-order chi connectivity index (χ0) is 18.7. The van der Waals surface area contributed by atoms with Crippen molar-refractivity contribution in [2.24, 2.45) is 0 Å². The summed E-state index contributed by atoms with van der Waals surface area (Å²) in [5, 5.41) is 20.4. The molecule has 0 radical (unpaired) electrons. The van der Waals surface area contributed by atoms with Gasteiger partial charge in [0.25, 0.3) is 0 Å². The van der Waals surface area contributed by atoms with Gasteiger partial charge in [0, 0.05) is 5.39 Å². The van der Waals surface area contributed by atoms with Crippen molar-refractivity contribution < 1.29 is 24.1 Å². The summed E-state index contributed by atoms with van der Waals surface area (Å²) in [5.41, 5.74) is -0.375. The third-order valence-electron chi connectivity index (χ3n) is 3.74. The fourth-order valence-corrected chi connectivity index (χ4v) is 2.50. The van der Waals surface area contributed by atoms with Crippen LogP contribution in [0.1, 0.15) is 16.2 Å². The largest absolute Gasteiger partial charge is 0.505 e. The molecule has 0 aliphatic heterocycles. The number of aromatic nitrogens is 1. The van der Waals surface area contributed by atoms with Crippen LogP contribution in [0.2, 0.25) is 0 Å². The Morgan fingerprint density at radius 1 is 1.12 bits per heavy atom.